The van der Waals surface area contributed by atoms with Crippen molar-refractivity contribution < 1.29 is 22.7 Å². The Bertz CT molecular complexity index is 400. The van der Waals surface area contributed by atoms with Gasteiger partial charge in [-0.3, -0.25) is 0 Å². The second kappa shape index (κ2) is 3.76. The number of hydrazone groups is 1. The highest BCUT2D eigenvalue weighted by atomic mass is 19.4. The van der Waals surface area contributed by atoms with Gasteiger partial charge < -0.3 is 10.9 Å². The van der Waals surface area contributed by atoms with Crippen molar-refractivity contribution in [3.8, 4) is 5.75 Å². The van der Waals surface area contributed by atoms with Crippen LogP contribution in [0.3, 0.4) is 0 Å². The Morgan fingerprint density at radius 2 is 1.93 bits per heavy atom. The zero-order chi connectivity index (χ0) is 11.6. The third kappa shape index (κ3) is 2.17. The van der Waals surface area contributed by atoms with E-state index < -0.39 is 23.3 Å². The molecule has 0 radical (unpaired) electrons. The quantitative estimate of drug-likeness (QED) is 0.329. The first kappa shape index (κ1) is 11.3. The first-order chi connectivity index (χ1) is 6.88. The molecule has 1 aromatic carbocycles. The van der Waals surface area contributed by atoms with Crippen LogP contribution in [0.15, 0.2) is 17.2 Å². The van der Waals surface area contributed by atoms with Crippen LogP contribution in [-0.4, -0.2) is 11.3 Å². The molecule has 0 spiro atoms. The molecule has 0 atom stereocenters. The van der Waals surface area contributed by atoms with E-state index in [9.17, 15) is 17.6 Å². The van der Waals surface area contributed by atoms with Crippen molar-refractivity contribution in [3.05, 3.63) is 29.1 Å². The average molecular weight is 222 g/mol. The molecule has 0 saturated heterocycles. The first-order valence-electron chi connectivity index (χ1n) is 3.70. The number of halogens is 4. The van der Waals surface area contributed by atoms with Gasteiger partial charge in [-0.1, -0.05) is 0 Å². The number of alkyl halides is 3. The van der Waals surface area contributed by atoms with Gasteiger partial charge in [-0.25, -0.2) is 4.39 Å². The topological polar surface area (TPSA) is 58.6 Å². The van der Waals surface area contributed by atoms with Crippen molar-refractivity contribution in [1.29, 1.82) is 0 Å². The molecule has 3 N–H and O–H groups in total. The summed E-state index contributed by atoms with van der Waals surface area (Å²) in [4.78, 5) is 0. The molecule has 82 valence electrons. The number of rotatable bonds is 1. The van der Waals surface area contributed by atoms with Crippen LogP contribution in [0.25, 0.3) is 0 Å². The molecule has 3 nitrogen and oxygen atoms in total. The van der Waals surface area contributed by atoms with Crippen LogP contribution < -0.4 is 5.84 Å². The molecule has 0 amide bonds. The number of nitrogens with zero attached hydrogens (tertiary/aromatic N) is 1. The smallest absolute Gasteiger partial charge is 0.419 e. The third-order valence-corrected chi connectivity index (χ3v) is 1.67. The molecule has 15 heavy (non-hydrogen) atoms. The zero-order valence-electron chi connectivity index (χ0n) is 7.22. The molecule has 0 unspecified atom stereocenters. The lowest BCUT2D eigenvalue weighted by Gasteiger charge is -2.09. The molecule has 7 heteroatoms. The maximum atomic E-state index is 13.0. The fraction of sp³-hybridized carbons (Fsp3) is 0.125. The molecule has 0 bridgehead atoms. The molecule has 0 aliphatic heterocycles. The first-order valence-corrected chi connectivity index (χ1v) is 3.70. The average Bonchev–Trinajstić information content (AvgIpc) is 2.11. The Balaban J connectivity index is 3.34. The number of nitrogens with two attached hydrogens (primary N) is 1. The van der Waals surface area contributed by atoms with Crippen molar-refractivity contribution in [1.82, 2.24) is 0 Å². The van der Waals surface area contributed by atoms with Crippen LogP contribution in [-0.2, 0) is 6.18 Å². The Morgan fingerprint density at radius 3 is 2.40 bits per heavy atom. The number of hydrogen-bond acceptors (Lipinski definition) is 3. The molecular weight excluding hydrogens is 216 g/mol. The largest absolute Gasteiger partial charge is 0.504 e. The second-order valence-electron chi connectivity index (χ2n) is 2.64. The van der Waals surface area contributed by atoms with Crippen molar-refractivity contribution in [3.63, 3.8) is 0 Å². The molecule has 0 saturated carbocycles. The normalized spacial score (nSPS) is 12.3. The summed E-state index contributed by atoms with van der Waals surface area (Å²) in [7, 11) is 0. The molecule has 0 heterocycles. The minimum atomic E-state index is -4.85. The molecule has 0 aromatic heterocycles. The lowest BCUT2D eigenvalue weighted by Crippen LogP contribution is -2.08. The van der Waals surface area contributed by atoms with Crippen molar-refractivity contribution in [2.24, 2.45) is 10.9 Å². The zero-order valence-corrected chi connectivity index (χ0v) is 7.22. The summed E-state index contributed by atoms with van der Waals surface area (Å²) in [6.45, 7) is 0. The Labute approximate surface area is 81.8 Å². The summed E-state index contributed by atoms with van der Waals surface area (Å²) in [6.07, 6.45) is -4.00. The van der Waals surface area contributed by atoms with Gasteiger partial charge in [0.2, 0.25) is 0 Å². The van der Waals surface area contributed by atoms with Crippen LogP contribution in [0.1, 0.15) is 11.1 Å². The minimum absolute atomic E-state index is 0.219. The van der Waals surface area contributed by atoms with Crippen LogP contribution in [0, 0.1) is 5.82 Å². The third-order valence-electron chi connectivity index (χ3n) is 1.67. The number of aromatic hydroxyl groups is 1. The van der Waals surface area contributed by atoms with E-state index in [1.54, 1.807) is 0 Å². The fourth-order valence-corrected chi connectivity index (χ4v) is 0.983. The summed E-state index contributed by atoms with van der Waals surface area (Å²) >= 11 is 0. The van der Waals surface area contributed by atoms with E-state index in [4.69, 9.17) is 10.9 Å². The maximum Gasteiger partial charge on any atom is 0.419 e. The van der Waals surface area contributed by atoms with Gasteiger partial charge in [0, 0.05) is 5.56 Å². The summed E-state index contributed by atoms with van der Waals surface area (Å²) in [5.74, 6) is 1.85. The Kier molecular flexibility index (Phi) is 2.83. The lowest BCUT2D eigenvalue weighted by atomic mass is 10.1. The van der Waals surface area contributed by atoms with E-state index in [2.05, 4.69) is 5.10 Å². The molecular formula is C8H6F4N2O. The Hall–Kier alpha value is -1.79. The van der Waals surface area contributed by atoms with Crippen LogP contribution in [0.4, 0.5) is 17.6 Å². The summed E-state index contributed by atoms with van der Waals surface area (Å²) in [5.41, 5.74) is -1.75. The fourth-order valence-electron chi connectivity index (χ4n) is 0.983. The molecule has 1 aromatic rings. The van der Waals surface area contributed by atoms with Gasteiger partial charge in [0.05, 0.1) is 11.8 Å². The Morgan fingerprint density at radius 1 is 1.33 bits per heavy atom. The number of benzene rings is 1. The highest BCUT2D eigenvalue weighted by Gasteiger charge is 2.35. The minimum Gasteiger partial charge on any atom is -0.504 e. The predicted octanol–water partition coefficient (Wildman–Crippen LogP) is 1.84. The van der Waals surface area contributed by atoms with E-state index in [0.717, 1.165) is 12.3 Å². The van der Waals surface area contributed by atoms with E-state index in [1.165, 1.54) is 0 Å². The molecule has 0 aliphatic carbocycles. The van der Waals surface area contributed by atoms with Gasteiger partial charge in [0.15, 0.2) is 11.6 Å². The van der Waals surface area contributed by atoms with E-state index in [0.29, 0.717) is 6.07 Å². The van der Waals surface area contributed by atoms with Gasteiger partial charge in [0.1, 0.15) is 0 Å². The number of phenols is 1. The van der Waals surface area contributed by atoms with Gasteiger partial charge in [-0.05, 0) is 12.1 Å². The van der Waals surface area contributed by atoms with Gasteiger partial charge >= 0.3 is 6.18 Å². The standard InChI is InChI=1S/C8H6F4N2O/c9-6-5(8(10,11)12)2-1-4(3-14-13)7(6)15/h1-3,15H,13H2. The van der Waals surface area contributed by atoms with E-state index in [-0.39, 0.29) is 5.56 Å². The van der Waals surface area contributed by atoms with Crippen LogP contribution in [0.2, 0.25) is 0 Å². The highest BCUT2D eigenvalue weighted by molar-refractivity contribution is 5.83. The summed E-state index contributed by atoms with van der Waals surface area (Å²) < 4.78 is 49.4. The second-order valence-corrected chi connectivity index (χ2v) is 2.64. The predicted molar refractivity (Wildman–Crippen MR) is 44.8 cm³/mol. The number of hydrogen-bond donors (Lipinski definition) is 2. The monoisotopic (exact) mass is 222 g/mol. The lowest BCUT2D eigenvalue weighted by molar-refractivity contribution is -0.140. The van der Waals surface area contributed by atoms with E-state index in [1.807, 2.05) is 0 Å². The maximum absolute atomic E-state index is 13.0. The van der Waals surface area contributed by atoms with Gasteiger partial charge in [-0.2, -0.15) is 18.3 Å². The van der Waals surface area contributed by atoms with Crippen molar-refractivity contribution in [2.45, 2.75) is 6.18 Å². The number of phenolic OH excluding ortho intramolecular Hbond substituents is 1. The van der Waals surface area contributed by atoms with Gasteiger partial charge in [-0.15, -0.1) is 0 Å². The molecule has 0 fully saturated rings. The molecule has 0 aliphatic rings. The van der Waals surface area contributed by atoms with E-state index >= 15 is 0 Å². The summed E-state index contributed by atoms with van der Waals surface area (Å²) in [6, 6.07) is 1.38. The summed E-state index contributed by atoms with van der Waals surface area (Å²) in [5, 5.41) is 12.0. The molecule has 1 rings (SSSR count). The van der Waals surface area contributed by atoms with Crippen LogP contribution >= 0.6 is 0 Å². The van der Waals surface area contributed by atoms with Crippen molar-refractivity contribution in [2.75, 3.05) is 0 Å². The highest BCUT2D eigenvalue weighted by Crippen LogP contribution is 2.35. The van der Waals surface area contributed by atoms with Gasteiger partial charge in [0.25, 0.3) is 0 Å². The van der Waals surface area contributed by atoms with Crippen molar-refractivity contribution >= 4 is 6.21 Å². The van der Waals surface area contributed by atoms with Crippen LogP contribution in [0.5, 0.6) is 5.75 Å². The SMILES string of the molecule is NN=Cc1ccc(C(F)(F)F)c(F)c1O.